The molecule has 0 heterocycles. The van der Waals surface area contributed by atoms with E-state index in [1.807, 2.05) is 0 Å². The first kappa shape index (κ1) is 31.9. The maximum absolute atomic E-state index is 3.64. The Labute approximate surface area is 268 Å². The van der Waals surface area contributed by atoms with Crippen LogP contribution in [0.3, 0.4) is 0 Å². The Morgan fingerprint density at radius 1 is 0.568 bits per heavy atom. The highest BCUT2D eigenvalue weighted by Gasteiger charge is 2.42. The van der Waals surface area contributed by atoms with E-state index in [9.17, 15) is 0 Å². The number of hydrogen-bond donors (Lipinski definition) is 0. The number of unbranched alkanes of at least 4 members (excludes halogenated alkanes) is 6. The maximum atomic E-state index is 3.64. The van der Waals surface area contributed by atoms with E-state index in [0.717, 1.165) is 0 Å². The third kappa shape index (κ3) is 7.22. The number of anilines is 3. The third-order valence-electron chi connectivity index (χ3n) is 9.13. The Morgan fingerprint density at radius 2 is 1.09 bits per heavy atom. The quantitative estimate of drug-likeness (QED) is 0.0841. The van der Waals surface area contributed by atoms with Gasteiger partial charge in [0, 0.05) is 28.0 Å². The normalized spacial score (nSPS) is 13.1. The van der Waals surface area contributed by atoms with E-state index in [4.69, 9.17) is 0 Å². The van der Waals surface area contributed by atoms with Crippen molar-refractivity contribution in [3.05, 3.63) is 114 Å². The molecule has 0 aliphatic heterocycles. The van der Waals surface area contributed by atoms with Gasteiger partial charge in [0.05, 0.1) is 0 Å². The highest BCUT2D eigenvalue weighted by molar-refractivity contribution is 6.83. The topological polar surface area (TPSA) is 3.24 Å². The average molecular weight is 598 g/mol. The largest absolute Gasteiger partial charge is 0.310 e. The molecule has 0 spiro atoms. The van der Waals surface area contributed by atoms with Crippen LogP contribution in [0.15, 0.2) is 97.1 Å². The molecule has 0 saturated heterocycles. The molecule has 228 valence electrons. The minimum Gasteiger partial charge on any atom is -0.310 e. The predicted molar refractivity (Wildman–Crippen MR) is 195 cm³/mol. The summed E-state index contributed by atoms with van der Waals surface area (Å²) in [6, 6.07) is 36.1. The molecule has 1 aliphatic rings. The van der Waals surface area contributed by atoms with Crippen LogP contribution in [0.1, 0.15) is 94.7 Å². The van der Waals surface area contributed by atoms with Crippen molar-refractivity contribution in [1.29, 1.82) is 0 Å². The molecule has 1 nitrogen and oxygen atoms in total. The Bertz CT molecular complexity index is 1520. The first-order valence-electron chi connectivity index (χ1n) is 17.1. The lowest BCUT2D eigenvalue weighted by Gasteiger charge is -2.34. The SMILES string of the molecule is CCCCCCC1(CCCCCC)c2cc(C#C[Si](C)(C)C)ccc2-c2ccc(N(c3ccccc3)c3ccccc3)cc21. The van der Waals surface area contributed by atoms with Crippen molar-refractivity contribution in [2.75, 3.05) is 4.90 Å². The summed E-state index contributed by atoms with van der Waals surface area (Å²) in [6.07, 6.45) is 12.7. The number of benzene rings is 4. The van der Waals surface area contributed by atoms with Crippen LogP contribution in [0.2, 0.25) is 19.6 Å². The van der Waals surface area contributed by atoms with Crippen LogP contribution < -0.4 is 4.90 Å². The van der Waals surface area contributed by atoms with Crippen molar-refractivity contribution in [2.24, 2.45) is 0 Å². The number of hydrogen-bond acceptors (Lipinski definition) is 1. The van der Waals surface area contributed by atoms with Crippen molar-refractivity contribution in [3.8, 4) is 22.6 Å². The minimum atomic E-state index is -1.48. The Morgan fingerprint density at radius 3 is 1.61 bits per heavy atom. The van der Waals surface area contributed by atoms with Gasteiger partial charge < -0.3 is 4.90 Å². The van der Waals surface area contributed by atoms with Gasteiger partial charge in [0.2, 0.25) is 0 Å². The maximum Gasteiger partial charge on any atom is 0.129 e. The van der Waals surface area contributed by atoms with Gasteiger partial charge in [-0.3, -0.25) is 0 Å². The van der Waals surface area contributed by atoms with E-state index < -0.39 is 8.07 Å². The zero-order chi connectivity index (χ0) is 31.0. The molecule has 1 aliphatic carbocycles. The second kappa shape index (κ2) is 14.5. The summed E-state index contributed by atoms with van der Waals surface area (Å²) in [4.78, 5) is 2.42. The average Bonchev–Trinajstić information content (AvgIpc) is 3.30. The van der Waals surface area contributed by atoms with Gasteiger partial charge in [-0.2, -0.15) is 0 Å². The first-order chi connectivity index (χ1) is 21.4. The highest BCUT2D eigenvalue weighted by atomic mass is 28.3. The zero-order valence-electron chi connectivity index (χ0n) is 27.8. The lowest BCUT2D eigenvalue weighted by atomic mass is 9.70. The molecule has 0 bridgehead atoms. The summed E-state index contributed by atoms with van der Waals surface area (Å²) < 4.78 is 0. The second-order valence-corrected chi connectivity index (χ2v) is 18.5. The summed E-state index contributed by atoms with van der Waals surface area (Å²) in [6.45, 7) is 11.6. The summed E-state index contributed by atoms with van der Waals surface area (Å²) in [7, 11) is -1.48. The van der Waals surface area contributed by atoms with Crippen molar-refractivity contribution in [2.45, 2.75) is 103 Å². The van der Waals surface area contributed by atoms with Crippen LogP contribution in [-0.4, -0.2) is 8.07 Å². The minimum absolute atomic E-state index is 0.0120. The van der Waals surface area contributed by atoms with E-state index in [2.05, 4.69) is 147 Å². The monoisotopic (exact) mass is 597 g/mol. The fourth-order valence-corrected chi connectivity index (χ4v) is 7.45. The first-order valence-corrected chi connectivity index (χ1v) is 20.6. The van der Waals surface area contributed by atoms with Crippen LogP contribution >= 0.6 is 0 Å². The third-order valence-corrected chi connectivity index (χ3v) is 10.0. The number of rotatable bonds is 13. The molecule has 0 radical (unpaired) electrons. The van der Waals surface area contributed by atoms with Gasteiger partial charge in [-0.15, -0.1) is 5.54 Å². The molecular formula is C42H51NSi. The van der Waals surface area contributed by atoms with Gasteiger partial charge in [0.15, 0.2) is 0 Å². The molecule has 0 N–H and O–H groups in total. The van der Waals surface area contributed by atoms with E-state index in [-0.39, 0.29) is 5.41 Å². The fourth-order valence-electron chi connectivity index (χ4n) is 6.93. The predicted octanol–water partition coefficient (Wildman–Crippen LogP) is 12.6. The molecule has 0 fully saturated rings. The van der Waals surface area contributed by atoms with Gasteiger partial charge >= 0.3 is 0 Å². The van der Waals surface area contributed by atoms with Crippen LogP contribution in [0.4, 0.5) is 17.1 Å². The molecule has 5 rings (SSSR count). The molecule has 2 heteroatoms. The summed E-state index contributed by atoms with van der Waals surface area (Å²) in [5.41, 5.74) is 14.3. The smallest absolute Gasteiger partial charge is 0.129 e. The number of para-hydroxylation sites is 2. The van der Waals surface area contributed by atoms with Gasteiger partial charge in [-0.25, -0.2) is 0 Å². The lowest BCUT2D eigenvalue weighted by Crippen LogP contribution is -2.26. The zero-order valence-corrected chi connectivity index (χ0v) is 28.8. The van der Waals surface area contributed by atoms with E-state index in [1.54, 1.807) is 0 Å². The Kier molecular flexibility index (Phi) is 10.5. The van der Waals surface area contributed by atoms with Gasteiger partial charge in [0.25, 0.3) is 0 Å². The highest BCUT2D eigenvalue weighted by Crippen LogP contribution is 2.55. The van der Waals surface area contributed by atoms with Crippen LogP contribution in [0, 0.1) is 11.5 Å². The molecular weight excluding hydrogens is 547 g/mol. The van der Waals surface area contributed by atoms with Gasteiger partial charge in [0.1, 0.15) is 8.07 Å². The molecule has 0 aromatic heterocycles. The summed E-state index contributed by atoms with van der Waals surface area (Å²) in [5, 5.41) is 0. The summed E-state index contributed by atoms with van der Waals surface area (Å²) in [5.74, 6) is 3.61. The standard InChI is InChI=1S/C42H51NSi/c1-6-8-10-18-29-42(30-19-11-9-7-2)40-32-34(28-31-44(3,4)5)24-26-38(40)39-27-25-37(33-41(39)42)43(35-20-14-12-15-21-35)36-22-16-13-17-23-36/h12-17,20-27,32-33H,6-11,18-19,29-30H2,1-5H3. The fraction of sp³-hybridized carbons (Fsp3) is 0.381. The van der Waals surface area contributed by atoms with E-state index in [1.165, 1.54) is 109 Å². The van der Waals surface area contributed by atoms with Crippen molar-refractivity contribution >= 4 is 25.1 Å². The second-order valence-electron chi connectivity index (χ2n) is 13.7. The van der Waals surface area contributed by atoms with Crippen molar-refractivity contribution in [1.82, 2.24) is 0 Å². The molecule has 4 aromatic rings. The van der Waals surface area contributed by atoms with Gasteiger partial charge in [-0.05, 0) is 83.6 Å². The van der Waals surface area contributed by atoms with Crippen LogP contribution in [-0.2, 0) is 5.41 Å². The molecule has 0 saturated carbocycles. The lowest BCUT2D eigenvalue weighted by molar-refractivity contribution is 0.401. The molecule has 0 unspecified atom stereocenters. The Hall–Kier alpha value is -3.54. The van der Waals surface area contributed by atoms with Crippen molar-refractivity contribution in [3.63, 3.8) is 0 Å². The van der Waals surface area contributed by atoms with E-state index >= 15 is 0 Å². The molecule has 0 atom stereocenters. The van der Waals surface area contributed by atoms with Gasteiger partial charge in [-0.1, -0.05) is 139 Å². The summed E-state index contributed by atoms with van der Waals surface area (Å²) >= 11 is 0. The molecule has 4 aromatic carbocycles. The van der Waals surface area contributed by atoms with Crippen molar-refractivity contribution < 1.29 is 0 Å². The van der Waals surface area contributed by atoms with E-state index in [0.29, 0.717) is 0 Å². The molecule has 44 heavy (non-hydrogen) atoms. The van der Waals surface area contributed by atoms with Crippen LogP contribution in [0.25, 0.3) is 11.1 Å². The molecule has 0 amide bonds. The number of nitrogens with zero attached hydrogens (tertiary/aromatic N) is 1. The van der Waals surface area contributed by atoms with Crippen LogP contribution in [0.5, 0.6) is 0 Å². The number of fused-ring (bicyclic) bond motifs is 3. The Balaban J connectivity index is 1.68.